The van der Waals surface area contributed by atoms with Crippen LogP contribution >= 0.6 is 11.6 Å². The fourth-order valence-electron chi connectivity index (χ4n) is 4.54. The number of ether oxygens (including phenoxy) is 1. The predicted octanol–water partition coefficient (Wildman–Crippen LogP) is 5.39. The second-order valence-corrected chi connectivity index (χ2v) is 10.3. The van der Waals surface area contributed by atoms with Gasteiger partial charge in [-0.05, 0) is 51.6 Å². The van der Waals surface area contributed by atoms with Gasteiger partial charge in [0.1, 0.15) is 17.4 Å². The van der Waals surface area contributed by atoms with Crippen molar-refractivity contribution >= 4 is 46.1 Å². The summed E-state index contributed by atoms with van der Waals surface area (Å²) in [5.74, 6) is 0.765. The number of benzene rings is 2. The van der Waals surface area contributed by atoms with Crippen LogP contribution in [-0.2, 0) is 5.60 Å². The molecule has 1 atom stereocenters. The van der Waals surface area contributed by atoms with Crippen LogP contribution in [-0.4, -0.2) is 54.9 Å². The van der Waals surface area contributed by atoms with Gasteiger partial charge in [0.05, 0.1) is 34.8 Å². The minimum atomic E-state index is -1.31. The van der Waals surface area contributed by atoms with Gasteiger partial charge in [0, 0.05) is 49.2 Å². The molecule has 3 aromatic rings. The molecule has 1 saturated heterocycles. The quantitative estimate of drug-likeness (QED) is 0.199. The molecule has 0 unspecified atom stereocenters. The lowest BCUT2D eigenvalue weighted by Crippen LogP contribution is -2.29. The van der Waals surface area contributed by atoms with Gasteiger partial charge in [-0.2, -0.15) is 4.98 Å². The molecule has 1 aliphatic rings. The lowest BCUT2D eigenvalue weighted by Gasteiger charge is -2.25. The van der Waals surface area contributed by atoms with E-state index in [0.717, 1.165) is 30.9 Å². The van der Waals surface area contributed by atoms with Crippen LogP contribution in [0.25, 0.3) is 0 Å². The van der Waals surface area contributed by atoms with Crippen molar-refractivity contribution in [1.29, 1.82) is 0 Å². The number of rotatable bonds is 11. The molecule has 0 radical (unpaired) electrons. The maximum Gasteiger partial charge on any atom is 0.229 e. The zero-order chi connectivity index (χ0) is 28.2. The molecule has 1 fully saturated rings. The van der Waals surface area contributed by atoms with E-state index in [9.17, 15) is 9.50 Å². The Morgan fingerprint density at radius 3 is 2.69 bits per heavy atom. The standard InChI is InChI=1S/C28H35ClFN7O2/c1-6-9-32-22-14-23(25(39-5)15-24(22)37-11-8-17(16-37)31-4)35-27-33-10-7-26(36-27)34-21-13-19(29)20(30)12-18(21)28(2,3)38/h6-7,10,12-15,17,31-32,38H,1,8-9,11,16H2,2-5H3,(H2,33,34,35,36)/t17-/m1/s1. The number of aromatic nitrogens is 2. The number of aliphatic hydroxyl groups is 1. The van der Waals surface area contributed by atoms with Gasteiger partial charge in [-0.15, -0.1) is 6.58 Å². The normalized spacial score (nSPS) is 15.3. The molecule has 11 heteroatoms. The second kappa shape index (κ2) is 12.1. The largest absolute Gasteiger partial charge is 0.494 e. The van der Waals surface area contributed by atoms with Crippen molar-refractivity contribution in [2.45, 2.75) is 31.9 Å². The topological polar surface area (TPSA) is 107 Å². The highest BCUT2D eigenvalue weighted by Gasteiger charge is 2.25. The van der Waals surface area contributed by atoms with E-state index in [4.69, 9.17) is 16.3 Å². The summed E-state index contributed by atoms with van der Waals surface area (Å²) in [5.41, 5.74) is 2.11. The predicted molar refractivity (Wildman–Crippen MR) is 157 cm³/mol. The van der Waals surface area contributed by atoms with E-state index in [2.05, 4.69) is 42.7 Å². The number of anilines is 6. The van der Waals surface area contributed by atoms with Crippen molar-refractivity contribution in [3.63, 3.8) is 0 Å². The molecule has 0 spiro atoms. The maximum absolute atomic E-state index is 14.1. The Balaban J connectivity index is 1.64. The first-order chi connectivity index (χ1) is 18.6. The SMILES string of the molecule is C=CCNc1cc(Nc2nccc(Nc3cc(Cl)c(F)cc3C(C)(C)O)n2)c(OC)cc1N1CC[C@@H](NC)C1. The number of halogens is 2. The molecule has 208 valence electrons. The van der Waals surface area contributed by atoms with E-state index in [0.29, 0.717) is 47.0 Å². The summed E-state index contributed by atoms with van der Waals surface area (Å²) in [7, 11) is 3.61. The fourth-order valence-corrected chi connectivity index (χ4v) is 4.70. The van der Waals surface area contributed by atoms with E-state index < -0.39 is 11.4 Å². The molecule has 0 amide bonds. The monoisotopic (exact) mass is 555 g/mol. The van der Waals surface area contributed by atoms with Crippen molar-refractivity contribution in [3.8, 4) is 5.75 Å². The van der Waals surface area contributed by atoms with Crippen molar-refractivity contribution < 1.29 is 14.2 Å². The van der Waals surface area contributed by atoms with Crippen molar-refractivity contribution in [2.24, 2.45) is 0 Å². The van der Waals surface area contributed by atoms with Gasteiger partial charge >= 0.3 is 0 Å². The fraction of sp³-hybridized carbons (Fsp3) is 0.357. The van der Waals surface area contributed by atoms with Crippen LogP contribution in [0.3, 0.4) is 0 Å². The number of hydrogen-bond acceptors (Lipinski definition) is 9. The molecule has 4 rings (SSSR count). The number of methoxy groups -OCH3 is 1. The highest BCUT2D eigenvalue weighted by Crippen LogP contribution is 2.39. The van der Waals surface area contributed by atoms with E-state index in [1.54, 1.807) is 33.2 Å². The van der Waals surface area contributed by atoms with E-state index in [-0.39, 0.29) is 5.02 Å². The van der Waals surface area contributed by atoms with Gasteiger partial charge in [-0.25, -0.2) is 9.37 Å². The third kappa shape index (κ3) is 6.70. The molecule has 39 heavy (non-hydrogen) atoms. The summed E-state index contributed by atoms with van der Waals surface area (Å²) < 4.78 is 19.9. The second-order valence-electron chi connectivity index (χ2n) is 9.85. The molecule has 9 nitrogen and oxygen atoms in total. The molecule has 5 N–H and O–H groups in total. The van der Waals surface area contributed by atoms with Gasteiger partial charge in [0.25, 0.3) is 0 Å². The Hall–Kier alpha value is -3.60. The molecule has 2 aromatic carbocycles. The molecule has 0 saturated carbocycles. The summed E-state index contributed by atoms with van der Waals surface area (Å²) in [6, 6.07) is 8.71. The van der Waals surface area contributed by atoms with E-state index in [1.165, 1.54) is 12.1 Å². The van der Waals surface area contributed by atoms with Crippen LogP contribution in [0.15, 0.2) is 49.2 Å². The first-order valence-electron chi connectivity index (χ1n) is 12.7. The van der Waals surface area contributed by atoms with Crippen LogP contribution in [0.1, 0.15) is 25.8 Å². The average Bonchev–Trinajstić information content (AvgIpc) is 3.38. The van der Waals surface area contributed by atoms with Gasteiger partial charge in [-0.1, -0.05) is 17.7 Å². The molecule has 2 heterocycles. The first kappa shape index (κ1) is 28.4. The number of nitrogens with zero attached hydrogens (tertiary/aromatic N) is 3. The van der Waals surface area contributed by atoms with E-state index in [1.807, 2.05) is 25.3 Å². The Bertz CT molecular complexity index is 1330. The Morgan fingerprint density at radius 1 is 1.23 bits per heavy atom. The van der Waals surface area contributed by atoms with Crippen LogP contribution in [0, 0.1) is 5.82 Å². The Kier molecular flexibility index (Phi) is 8.79. The minimum Gasteiger partial charge on any atom is -0.494 e. The number of hydrogen-bond donors (Lipinski definition) is 5. The molecule has 1 aliphatic heterocycles. The van der Waals surface area contributed by atoms with E-state index >= 15 is 0 Å². The number of likely N-dealkylation sites (N-methyl/N-ethyl adjacent to an activating group) is 1. The van der Waals surface area contributed by atoms with Crippen LogP contribution in [0.4, 0.5) is 38.9 Å². The van der Waals surface area contributed by atoms with Crippen molar-refractivity contribution in [2.75, 3.05) is 54.6 Å². The lowest BCUT2D eigenvalue weighted by molar-refractivity contribution is 0.0790. The summed E-state index contributed by atoms with van der Waals surface area (Å²) in [6.45, 7) is 9.40. The van der Waals surface area contributed by atoms with Crippen molar-refractivity contribution in [3.05, 3.63) is 65.6 Å². The van der Waals surface area contributed by atoms with Gasteiger partial charge in [-0.3, -0.25) is 0 Å². The van der Waals surface area contributed by atoms with Gasteiger partial charge in [0.2, 0.25) is 5.95 Å². The summed E-state index contributed by atoms with van der Waals surface area (Å²) in [6.07, 6.45) is 4.46. The Labute approximate surface area is 233 Å². The third-order valence-electron chi connectivity index (χ3n) is 6.58. The molecular formula is C28H35ClFN7O2. The maximum atomic E-state index is 14.1. The highest BCUT2D eigenvalue weighted by molar-refractivity contribution is 6.31. The highest BCUT2D eigenvalue weighted by atomic mass is 35.5. The van der Waals surface area contributed by atoms with Gasteiger partial charge in [0.15, 0.2) is 0 Å². The van der Waals surface area contributed by atoms with Crippen molar-refractivity contribution in [1.82, 2.24) is 15.3 Å². The molecule has 1 aromatic heterocycles. The molecule has 0 bridgehead atoms. The van der Waals surface area contributed by atoms with Crippen LogP contribution in [0.2, 0.25) is 5.02 Å². The zero-order valence-electron chi connectivity index (χ0n) is 22.6. The lowest BCUT2D eigenvalue weighted by atomic mass is 9.96. The third-order valence-corrected chi connectivity index (χ3v) is 6.87. The summed E-state index contributed by atoms with van der Waals surface area (Å²) >= 11 is 6.03. The van der Waals surface area contributed by atoms with Crippen LogP contribution < -0.4 is 30.9 Å². The molecule has 0 aliphatic carbocycles. The first-order valence-corrected chi connectivity index (χ1v) is 13.1. The number of nitrogens with one attached hydrogen (secondary N) is 4. The van der Waals surface area contributed by atoms with Crippen LogP contribution in [0.5, 0.6) is 5.75 Å². The summed E-state index contributed by atoms with van der Waals surface area (Å²) in [5, 5.41) is 23.7. The summed E-state index contributed by atoms with van der Waals surface area (Å²) in [4.78, 5) is 11.3. The zero-order valence-corrected chi connectivity index (χ0v) is 23.4. The molecular weight excluding hydrogens is 521 g/mol. The smallest absolute Gasteiger partial charge is 0.229 e. The average molecular weight is 556 g/mol. The van der Waals surface area contributed by atoms with Gasteiger partial charge < -0.3 is 36.0 Å². The Morgan fingerprint density at radius 2 is 2.03 bits per heavy atom. The minimum absolute atomic E-state index is 0.0682.